The number of esters is 1. The lowest BCUT2D eigenvalue weighted by molar-refractivity contribution is -0.0328. The van der Waals surface area contributed by atoms with Crippen molar-refractivity contribution < 1.29 is 22.7 Å². The zero-order valence-electron chi connectivity index (χ0n) is 8.91. The molecule has 0 radical (unpaired) electrons. The van der Waals surface area contributed by atoms with Gasteiger partial charge in [0.2, 0.25) is 0 Å². The van der Waals surface area contributed by atoms with Gasteiger partial charge in [-0.3, -0.25) is 0 Å². The second-order valence-electron chi connectivity index (χ2n) is 2.99. The Bertz CT molecular complexity index is 523. The van der Waals surface area contributed by atoms with Crippen molar-refractivity contribution in [3.8, 4) is 6.07 Å². The second-order valence-corrected chi connectivity index (χ2v) is 4.54. The number of methoxy groups -OCH3 is 1. The first-order valence-electron chi connectivity index (χ1n) is 4.40. The van der Waals surface area contributed by atoms with Gasteiger partial charge in [0.25, 0.3) is 0 Å². The standard InChI is InChI=1S/C10H6F3NO2S2/c1-16-9(15)7-6(17)3-2-5(4-14)8(7)18-10(11,12)13/h2-3,17H,1H3. The average molecular weight is 293 g/mol. The predicted molar refractivity (Wildman–Crippen MR) is 61.7 cm³/mol. The predicted octanol–water partition coefficient (Wildman–Crippen LogP) is 3.25. The van der Waals surface area contributed by atoms with Crippen LogP contribution in [0.1, 0.15) is 15.9 Å². The molecule has 8 heteroatoms. The number of nitrogens with zero attached hydrogens (tertiary/aromatic N) is 1. The van der Waals surface area contributed by atoms with Gasteiger partial charge in [-0.2, -0.15) is 18.4 Å². The van der Waals surface area contributed by atoms with Crippen molar-refractivity contribution in [3.63, 3.8) is 0 Å². The molecule has 1 rings (SSSR count). The highest BCUT2D eigenvalue weighted by molar-refractivity contribution is 8.00. The second kappa shape index (κ2) is 5.54. The molecule has 1 aromatic rings. The molecule has 0 fully saturated rings. The summed E-state index contributed by atoms with van der Waals surface area (Å²) in [5, 5.41) is 8.78. The van der Waals surface area contributed by atoms with Crippen molar-refractivity contribution in [1.29, 1.82) is 5.26 Å². The number of halogens is 3. The van der Waals surface area contributed by atoms with Gasteiger partial charge in [0.1, 0.15) is 6.07 Å². The molecular formula is C10H6F3NO2S2. The van der Waals surface area contributed by atoms with E-state index >= 15 is 0 Å². The van der Waals surface area contributed by atoms with E-state index in [0.29, 0.717) is 0 Å². The number of thioether (sulfide) groups is 1. The number of nitriles is 1. The third-order valence-electron chi connectivity index (χ3n) is 1.86. The van der Waals surface area contributed by atoms with E-state index in [1.807, 2.05) is 0 Å². The molecule has 0 aliphatic heterocycles. The number of carbonyl (C=O) groups excluding carboxylic acids is 1. The van der Waals surface area contributed by atoms with Gasteiger partial charge in [-0.05, 0) is 23.9 Å². The number of thiol groups is 1. The summed E-state index contributed by atoms with van der Waals surface area (Å²) < 4.78 is 41.6. The van der Waals surface area contributed by atoms with Gasteiger partial charge in [0.05, 0.1) is 18.2 Å². The van der Waals surface area contributed by atoms with Crippen LogP contribution in [0, 0.1) is 11.3 Å². The molecule has 0 saturated carbocycles. The minimum Gasteiger partial charge on any atom is -0.465 e. The molecule has 96 valence electrons. The Kier molecular flexibility index (Phi) is 4.53. The summed E-state index contributed by atoms with van der Waals surface area (Å²) in [4.78, 5) is 11.0. The molecule has 0 atom stereocenters. The number of carbonyl (C=O) groups is 1. The number of ether oxygens (including phenoxy) is 1. The fraction of sp³-hybridized carbons (Fsp3) is 0.200. The highest BCUT2D eigenvalue weighted by atomic mass is 32.2. The Morgan fingerprint density at radius 1 is 1.50 bits per heavy atom. The molecule has 0 unspecified atom stereocenters. The van der Waals surface area contributed by atoms with E-state index < -0.39 is 28.1 Å². The molecule has 1 aromatic carbocycles. The monoisotopic (exact) mass is 293 g/mol. The van der Waals surface area contributed by atoms with Gasteiger partial charge in [-0.25, -0.2) is 4.79 Å². The van der Waals surface area contributed by atoms with Gasteiger partial charge in [-0.15, -0.1) is 12.6 Å². The van der Waals surface area contributed by atoms with Crippen LogP contribution in [0.2, 0.25) is 0 Å². The Morgan fingerprint density at radius 2 is 2.11 bits per heavy atom. The van der Waals surface area contributed by atoms with E-state index in [4.69, 9.17) is 5.26 Å². The molecule has 0 aliphatic carbocycles. The molecule has 0 N–H and O–H groups in total. The average Bonchev–Trinajstić information content (AvgIpc) is 2.27. The first-order chi connectivity index (χ1) is 8.30. The van der Waals surface area contributed by atoms with E-state index in [1.165, 1.54) is 12.1 Å². The molecule has 0 aromatic heterocycles. The van der Waals surface area contributed by atoms with Crippen molar-refractivity contribution in [2.45, 2.75) is 15.3 Å². The molecule has 0 bridgehead atoms. The molecule has 0 spiro atoms. The van der Waals surface area contributed by atoms with Crippen LogP contribution in [0.15, 0.2) is 21.9 Å². The Morgan fingerprint density at radius 3 is 2.56 bits per heavy atom. The Labute approximate surface area is 110 Å². The Balaban J connectivity index is 3.47. The van der Waals surface area contributed by atoms with Crippen LogP contribution in [0.25, 0.3) is 0 Å². The van der Waals surface area contributed by atoms with E-state index in [2.05, 4.69) is 17.4 Å². The van der Waals surface area contributed by atoms with E-state index in [0.717, 1.165) is 7.11 Å². The van der Waals surface area contributed by atoms with Crippen molar-refractivity contribution in [2.24, 2.45) is 0 Å². The SMILES string of the molecule is COC(=O)c1c(S)ccc(C#N)c1SC(F)(F)F. The van der Waals surface area contributed by atoms with Crippen molar-refractivity contribution in [1.82, 2.24) is 0 Å². The Hall–Kier alpha value is -1.33. The summed E-state index contributed by atoms with van der Waals surface area (Å²) >= 11 is 3.37. The normalized spacial score (nSPS) is 10.9. The summed E-state index contributed by atoms with van der Waals surface area (Å²) in [7, 11) is 1.04. The fourth-order valence-electron chi connectivity index (χ4n) is 1.18. The molecular weight excluding hydrogens is 287 g/mol. The van der Waals surface area contributed by atoms with Crippen LogP contribution in [-0.4, -0.2) is 18.6 Å². The molecule has 0 amide bonds. The smallest absolute Gasteiger partial charge is 0.446 e. The fourth-order valence-corrected chi connectivity index (χ4v) is 2.29. The largest absolute Gasteiger partial charge is 0.465 e. The van der Waals surface area contributed by atoms with E-state index in [-0.39, 0.29) is 16.0 Å². The highest BCUT2D eigenvalue weighted by Gasteiger charge is 2.34. The van der Waals surface area contributed by atoms with Gasteiger partial charge in [-0.1, -0.05) is 0 Å². The summed E-state index contributed by atoms with van der Waals surface area (Å²) in [6, 6.07) is 4.04. The zero-order valence-corrected chi connectivity index (χ0v) is 10.6. The first-order valence-corrected chi connectivity index (χ1v) is 5.66. The highest BCUT2D eigenvalue weighted by Crippen LogP contribution is 2.42. The van der Waals surface area contributed by atoms with Crippen LogP contribution in [-0.2, 0) is 4.74 Å². The van der Waals surface area contributed by atoms with Gasteiger partial charge < -0.3 is 4.74 Å². The lowest BCUT2D eigenvalue weighted by Crippen LogP contribution is -2.09. The summed E-state index contributed by atoms with van der Waals surface area (Å²) in [6.45, 7) is 0. The van der Waals surface area contributed by atoms with E-state index in [1.54, 1.807) is 6.07 Å². The van der Waals surface area contributed by atoms with Crippen LogP contribution in [0.5, 0.6) is 0 Å². The zero-order chi connectivity index (χ0) is 13.9. The maximum Gasteiger partial charge on any atom is 0.446 e. The lowest BCUT2D eigenvalue weighted by Gasteiger charge is -2.13. The number of hydrogen-bond acceptors (Lipinski definition) is 5. The summed E-state index contributed by atoms with van der Waals surface area (Å²) in [6.07, 6.45) is 0. The molecule has 0 saturated heterocycles. The first kappa shape index (κ1) is 14.7. The summed E-state index contributed by atoms with van der Waals surface area (Å²) in [5.41, 5.74) is -5.23. The minimum absolute atomic E-state index is 0.0209. The van der Waals surface area contributed by atoms with Crippen LogP contribution < -0.4 is 0 Å². The van der Waals surface area contributed by atoms with Crippen LogP contribution in [0.4, 0.5) is 13.2 Å². The summed E-state index contributed by atoms with van der Waals surface area (Å²) in [5.74, 6) is -0.969. The number of benzene rings is 1. The quantitative estimate of drug-likeness (QED) is 0.516. The number of alkyl halides is 3. The number of rotatable bonds is 2. The maximum atomic E-state index is 12.4. The minimum atomic E-state index is -4.62. The van der Waals surface area contributed by atoms with Gasteiger partial charge >= 0.3 is 11.5 Å². The van der Waals surface area contributed by atoms with Crippen molar-refractivity contribution in [2.75, 3.05) is 7.11 Å². The number of hydrogen-bond donors (Lipinski definition) is 1. The van der Waals surface area contributed by atoms with Crippen molar-refractivity contribution >= 4 is 30.4 Å². The van der Waals surface area contributed by atoms with Gasteiger partial charge in [0.15, 0.2) is 0 Å². The van der Waals surface area contributed by atoms with Crippen molar-refractivity contribution in [3.05, 3.63) is 23.3 Å². The van der Waals surface area contributed by atoms with Crippen LogP contribution in [0.3, 0.4) is 0 Å². The third kappa shape index (κ3) is 3.34. The molecule has 0 heterocycles. The third-order valence-corrected chi connectivity index (χ3v) is 3.10. The molecule has 18 heavy (non-hydrogen) atoms. The maximum absolute atomic E-state index is 12.4. The van der Waals surface area contributed by atoms with Crippen LogP contribution >= 0.6 is 24.4 Å². The molecule has 0 aliphatic rings. The topological polar surface area (TPSA) is 50.1 Å². The van der Waals surface area contributed by atoms with E-state index in [9.17, 15) is 18.0 Å². The lowest BCUT2D eigenvalue weighted by atomic mass is 10.1. The molecule has 3 nitrogen and oxygen atoms in total. The van der Waals surface area contributed by atoms with Gasteiger partial charge in [0, 0.05) is 9.79 Å².